The molecule has 2 aromatic rings. The van der Waals surface area contributed by atoms with Crippen LogP contribution in [0.2, 0.25) is 0 Å². The zero-order valence-electron chi connectivity index (χ0n) is 16.2. The van der Waals surface area contributed by atoms with Crippen molar-refractivity contribution in [3.63, 3.8) is 0 Å². The molecule has 0 aromatic carbocycles. The van der Waals surface area contributed by atoms with Gasteiger partial charge in [0.05, 0.1) is 5.92 Å². The summed E-state index contributed by atoms with van der Waals surface area (Å²) in [6, 6.07) is 3.88. The van der Waals surface area contributed by atoms with E-state index in [1.54, 1.807) is 18.1 Å². The van der Waals surface area contributed by atoms with Crippen molar-refractivity contribution in [3.8, 4) is 11.4 Å². The SMILES string of the molecule is CCc1nc(-c2ccc(N3CCN(C(=O)C4CC(=O)N(C)C4)CC3)nc2)no1. The molecule has 4 rings (SSSR count). The number of hydrogen-bond acceptors (Lipinski definition) is 7. The van der Waals surface area contributed by atoms with Crippen LogP contribution < -0.4 is 4.90 Å². The number of amides is 2. The third kappa shape index (κ3) is 3.56. The van der Waals surface area contributed by atoms with Crippen LogP contribution in [0.25, 0.3) is 11.4 Å². The first kappa shape index (κ1) is 18.4. The fourth-order valence-electron chi connectivity index (χ4n) is 3.66. The summed E-state index contributed by atoms with van der Waals surface area (Å²) in [6.45, 7) is 5.21. The zero-order chi connectivity index (χ0) is 19.7. The second-order valence-electron chi connectivity index (χ2n) is 7.26. The van der Waals surface area contributed by atoms with E-state index >= 15 is 0 Å². The number of aryl methyl sites for hydroxylation is 1. The summed E-state index contributed by atoms with van der Waals surface area (Å²) in [4.78, 5) is 38.8. The average molecular weight is 384 g/mol. The number of nitrogens with zero attached hydrogens (tertiary/aromatic N) is 6. The van der Waals surface area contributed by atoms with Crippen molar-refractivity contribution < 1.29 is 14.1 Å². The summed E-state index contributed by atoms with van der Waals surface area (Å²) >= 11 is 0. The highest BCUT2D eigenvalue weighted by atomic mass is 16.5. The van der Waals surface area contributed by atoms with Crippen molar-refractivity contribution in [2.75, 3.05) is 44.7 Å². The molecule has 2 aliphatic rings. The highest BCUT2D eigenvalue weighted by Gasteiger charge is 2.35. The molecule has 9 heteroatoms. The minimum Gasteiger partial charge on any atom is -0.353 e. The van der Waals surface area contributed by atoms with Crippen molar-refractivity contribution in [2.24, 2.45) is 5.92 Å². The molecule has 2 aromatic heterocycles. The number of pyridine rings is 1. The van der Waals surface area contributed by atoms with Gasteiger partial charge in [-0.2, -0.15) is 4.98 Å². The van der Waals surface area contributed by atoms with E-state index in [0.717, 1.165) is 24.5 Å². The number of hydrogen-bond donors (Lipinski definition) is 0. The maximum atomic E-state index is 12.7. The highest BCUT2D eigenvalue weighted by Crippen LogP contribution is 2.22. The second kappa shape index (κ2) is 7.57. The van der Waals surface area contributed by atoms with Gasteiger partial charge in [0.1, 0.15) is 5.82 Å². The van der Waals surface area contributed by atoms with Gasteiger partial charge in [0, 0.05) is 64.4 Å². The fourth-order valence-corrected chi connectivity index (χ4v) is 3.66. The third-order valence-electron chi connectivity index (χ3n) is 5.38. The van der Waals surface area contributed by atoms with E-state index in [4.69, 9.17) is 4.52 Å². The van der Waals surface area contributed by atoms with E-state index in [9.17, 15) is 9.59 Å². The molecule has 28 heavy (non-hydrogen) atoms. The third-order valence-corrected chi connectivity index (χ3v) is 5.38. The first-order chi connectivity index (χ1) is 13.5. The van der Waals surface area contributed by atoms with Crippen LogP contribution in [0.1, 0.15) is 19.2 Å². The molecule has 2 aliphatic heterocycles. The Balaban J connectivity index is 1.34. The van der Waals surface area contributed by atoms with Gasteiger partial charge in [0.2, 0.25) is 23.5 Å². The van der Waals surface area contributed by atoms with E-state index in [1.807, 2.05) is 24.0 Å². The van der Waals surface area contributed by atoms with E-state index < -0.39 is 0 Å². The Morgan fingerprint density at radius 3 is 2.61 bits per heavy atom. The predicted octanol–water partition coefficient (Wildman–Crippen LogP) is 0.821. The highest BCUT2D eigenvalue weighted by molar-refractivity contribution is 5.89. The van der Waals surface area contributed by atoms with Gasteiger partial charge >= 0.3 is 0 Å². The summed E-state index contributed by atoms with van der Waals surface area (Å²) in [5.41, 5.74) is 0.816. The molecule has 1 atom stereocenters. The summed E-state index contributed by atoms with van der Waals surface area (Å²) in [5.74, 6) is 1.95. The van der Waals surface area contributed by atoms with Crippen molar-refractivity contribution in [1.82, 2.24) is 24.9 Å². The van der Waals surface area contributed by atoms with E-state index in [2.05, 4.69) is 20.0 Å². The molecule has 0 bridgehead atoms. The van der Waals surface area contributed by atoms with Crippen LogP contribution in [0.3, 0.4) is 0 Å². The van der Waals surface area contributed by atoms with Gasteiger partial charge in [-0.05, 0) is 12.1 Å². The minimum absolute atomic E-state index is 0.0499. The van der Waals surface area contributed by atoms with Gasteiger partial charge in [0.25, 0.3) is 0 Å². The number of rotatable bonds is 4. The summed E-state index contributed by atoms with van der Waals surface area (Å²) in [5, 5.41) is 3.97. The number of anilines is 1. The van der Waals surface area contributed by atoms with Gasteiger partial charge in [-0.3, -0.25) is 9.59 Å². The van der Waals surface area contributed by atoms with Gasteiger partial charge in [0.15, 0.2) is 0 Å². The molecule has 0 spiro atoms. The molecule has 2 fully saturated rings. The number of likely N-dealkylation sites (tertiary alicyclic amines) is 1. The Hall–Kier alpha value is -2.97. The monoisotopic (exact) mass is 384 g/mol. The Bertz CT molecular complexity index is 857. The summed E-state index contributed by atoms with van der Waals surface area (Å²) < 4.78 is 5.14. The summed E-state index contributed by atoms with van der Waals surface area (Å²) in [7, 11) is 1.75. The van der Waals surface area contributed by atoms with Crippen LogP contribution >= 0.6 is 0 Å². The molecule has 148 valence electrons. The molecule has 9 nitrogen and oxygen atoms in total. The van der Waals surface area contributed by atoms with Crippen LogP contribution in [0.4, 0.5) is 5.82 Å². The molecule has 0 saturated carbocycles. The Morgan fingerprint density at radius 1 is 1.25 bits per heavy atom. The van der Waals surface area contributed by atoms with Gasteiger partial charge < -0.3 is 19.2 Å². The maximum absolute atomic E-state index is 12.7. The molecule has 1 unspecified atom stereocenters. The normalized spacial score (nSPS) is 20.1. The Kier molecular flexibility index (Phi) is 4.97. The van der Waals surface area contributed by atoms with E-state index in [1.165, 1.54) is 0 Å². The predicted molar refractivity (Wildman–Crippen MR) is 101 cm³/mol. The Labute approximate surface area is 163 Å². The smallest absolute Gasteiger partial charge is 0.228 e. The second-order valence-corrected chi connectivity index (χ2v) is 7.26. The van der Waals surface area contributed by atoms with Crippen molar-refractivity contribution in [3.05, 3.63) is 24.2 Å². The molecule has 4 heterocycles. The summed E-state index contributed by atoms with van der Waals surface area (Å²) in [6.07, 6.45) is 2.78. The molecule has 0 radical (unpaired) electrons. The lowest BCUT2D eigenvalue weighted by atomic mass is 10.1. The lowest BCUT2D eigenvalue weighted by molar-refractivity contribution is -0.136. The van der Waals surface area contributed by atoms with Crippen molar-refractivity contribution in [2.45, 2.75) is 19.8 Å². The van der Waals surface area contributed by atoms with Gasteiger partial charge in [-0.1, -0.05) is 12.1 Å². The maximum Gasteiger partial charge on any atom is 0.228 e. The minimum atomic E-state index is -0.204. The van der Waals surface area contributed by atoms with E-state index in [-0.39, 0.29) is 17.7 Å². The van der Waals surface area contributed by atoms with Crippen LogP contribution in [-0.4, -0.2) is 76.5 Å². The molecule has 0 N–H and O–H groups in total. The standard InChI is InChI=1S/C19H24N6O3/c1-3-16-21-18(22-28-16)13-4-5-15(20-11-13)24-6-8-25(9-7-24)19(27)14-10-17(26)23(2)12-14/h4-5,11,14H,3,6-10,12H2,1-2H3. The zero-order valence-corrected chi connectivity index (χ0v) is 16.2. The first-order valence-electron chi connectivity index (χ1n) is 9.62. The molecule has 0 aliphatic carbocycles. The quantitative estimate of drug-likeness (QED) is 0.770. The van der Waals surface area contributed by atoms with E-state index in [0.29, 0.717) is 44.2 Å². The van der Waals surface area contributed by atoms with Crippen LogP contribution in [-0.2, 0) is 16.0 Å². The number of piperazine rings is 1. The lowest BCUT2D eigenvalue weighted by Gasteiger charge is -2.36. The van der Waals surface area contributed by atoms with Gasteiger partial charge in [-0.25, -0.2) is 4.98 Å². The first-order valence-corrected chi connectivity index (χ1v) is 9.62. The average Bonchev–Trinajstić information content (AvgIpc) is 3.34. The largest absolute Gasteiger partial charge is 0.353 e. The van der Waals surface area contributed by atoms with Crippen LogP contribution in [0, 0.1) is 5.92 Å². The van der Waals surface area contributed by atoms with Crippen LogP contribution in [0.15, 0.2) is 22.9 Å². The molecular weight excluding hydrogens is 360 g/mol. The van der Waals surface area contributed by atoms with Crippen molar-refractivity contribution in [1.29, 1.82) is 0 Å². The Morgan fingerprint density at radius 2 is 2.04 bits per heavy atom. The number of carbonyl (C=O) groups excluding carboxylic acids is 2. The van der Waals surface area contributed by atoms with Crippen LogP contribution in [0.5, 0.6) is 0 Å². The lowest BCUT2D eigenvalue weighted by Crippen LogP contribution is -2.50. The molecule has 2 amide bonds. The number of carbonyl (C=O) groups is 2. The van der Waals surface area contributed by atoms with Gasteiger partial charge in [-0.15, -0.1) is 0 Å². The topological polar surface area (TPSA) is 95.7 Å². The molecular formula is C19H24N6O3. The molecule has 2 saturated heterocycles. The van der Waals surface area contributed by atoms with Crippen molar-refractivity contribution >= 4 is 17.6 Å². The fraction of sp³-hybridized carbons (Fsp3) is 0.526. The number of aromatic nitrogens is 3.